The Morgan fingerprint density at radius 3 is 1.36 bits per heavy atom. The summed E-state index contributed by atoms with van der Waals surface area (Å²) in [6, 6.07) is 16.0. The highest BCUT2D eigenvalue weighted by Gasteiger charge is 2.61. The third-order valence-corrected chi connectivity index (χ3v) is 4.14. The first-order chi connectivity index (χ1) is 12.1. The molecule has 0 unspecified atom stereocenters. The molecule has 0 aliphatic carbocycles. The van der Waals surface area contributed by atoms with Crippen LogP contribution in [-0.4, -0.2) is 42.2 Å². The third kappa shape index (κ3) is 2.33. The molecule has 7 heteroatoms. The van der Waals surface area contributed by atoms with Crippen molar-refractivity contribution in [2.45, 2.75) is 5.41 Å². The van der Waals surface area contributed by atoms with Gasteiger partial charge in [0, 0.05) is 0 Å². The number of benzene rings is 2. The van der Waals surface area contributed by atoms with Gasteiger partial charge in [-0.25, -0.2) is 4.79 Å². The Labute approximate surface area is 144 Å². The second-order valence-electron chi connectivity index (χ2n) is 5.33. The van der Waals surface area contributed by atoms with E-state index in [1.54, 1.807) is 60.7 Å². The molecule has 1 aliphatic heterocycles. The first-order valence-corrected chi connectivity index (χ1v) is 7.51. The van der Waals surface area contributed by atoms with Crippen LogP contribution in [0.1, 0.15) is 11.1 Å². The van der Waals surface area contributed by atoms with Crippen LogP contribution in [0.5, 0.6) is 0 Å². The summed E-state index contributed by atoms with van der Waals surface area (Å²) in [5.74, 6) is -1.59. The Morgan fingerprint density at radius 2 is 1.04 bits per heavy atom. The molecule has 1 heterocycles. The zero-order valence-corrected chi connectivity index (χ0v) is 13.7. The molecular formula is C18H16N2O5. The zero-order valence-electron chi connectivity index (χ0n) is 13.7. The van der Waals surface area contributed by atoms with Crippen molar-refractivity contribution in [1.29, 1.82) is 0 Å². The largest absolute Gasteiger partial charge is 0.382 e. The maximum absolute atomic E-state index is 13.2. The number of nitrogens with zero attached hydrogens (tertiary/aromatic N) is 2. The number of barbiturate groups is 1. The second kappa shape index (κ2) is 6.46. The van der Waals surface area contributed by atoms with E-state index >= 15 is 0 Å². The Bertz CT molecular complexity index is 739. The van der Waals surface area contributed by atoms with E-state index in [0.29, 0.717) is 21.3 Å². The maximum atomic E-state index is 13.2. The van der Waals surface area contributed by atoms with Gasteiger partial charge in [-0.3, -0.25) is 19.3 Å². The third-order valence-electron chi connectivity index (χ3n) is 4.14. The molecule has 25 heavy (non-hydrogen) atoms. The van der Waals surface area contributed by atoms with E-state index in [9.17, 15) is 14.4 Å². The van der Waals surface area contributed by atoms with Gasteiger partial charge in [0.15, 0.2) is 5.41 Å². The standard InChI is InChI=1S/C18H16N2O5/c1-24-19-15(21)18(13-9-5-3-6-10-13,14-11-7-4-8-12-14)16(22)20(25-2)17(19)23/h3-12H,1-2H3. The number of hydroxylamine groups is 4. The van der Waals surface area contributed by atoms with Gasteiger partial charge in [0.1, 0.15) is 0 Å². The average Bonchev–Trinajstić information content (AvgIpc) is 2.65. The molecule has 0 radical (unpaired) electrons. The fourth-order valence-electron chi connectivity index (χ4n) is 3.01. The number of rotatable bonds is 4. The molecule has 0 bridgehead atoms. The van der Waals surface area contributed by atoms with Gasteiger partial charge >= 0.3 is 6.03 Å². The number of urea groups is 1. The molecule has 3 rings (SSSR count). The van der Waals surface area contributed by atoms with Gasteiger partial charge < -0.3 is 0 Å². The van der Waals surface area contributed by atoms with Crippen molar-refractivity contribution in [3.05, 3.63) is 71.8 Å². The monoisotopic (exact) mass is 340 g/mol. The van der Waals surface area contributed by atoms with Gasteiger partial charge in [-0.15, -0.1) is 10.1 Å². The summed E-state index contributed by atoms with van der Waals surface area (Å²) in [5.41, 5.74) is -0.969. The summed E-state index contributed by atoms with van der Waals surface area (Å²) in [5, 5.41) is 1.07. The van der Waals surface area contributed by atoms with Gasteiger partial charge in [-0.2, -0.15) is 0 Å². The molecule has 7 nitrogen and oxygen atoms in total. The van der Waals surface area contributed by atoms with Gasteiger partial charge in [0.2, 0.25) is 0 Å². The van der Waals surface area contributed by atoms with Crippen molar-refractivity contribution >= 4 is 17.8 Å². The number of hydrogen-bond donors (Lipinski definition) is 0. The van der Waals surface area contributed by atoms with E-state index in [4.69, 9.17) is 9.68 Å². The molecule has 0 aromatic heterocycles. The lowest BCUT2D eigenvalue weighted by molar-refractivity contribution is -0.204. The molecule has 128 valence electrons. The molecule has 1 aliphatic rings. The van der Waals surface area contributed by atoms with E-state index in [1.165, 1.54) is 14.2 Å². The minimum absolute atomic E-state index is 0.410. The van der Waals surface area contributed by atoms with Crippen LogP contribution in [0.15, 0.2) is 60.7 Å². The summed E-state index contributed by atoms with van der Waals surface area (Å²) in [4.78, 5) is 48.7. The van der Waals surface area contributed by atoms with Crippen LogP contribution in [-0.2, 0) is 24.7 Å². The maximum Gasteiger partial charge on any atom is 0.382 e. The fourth-order valence-corrected chi connectivity index (χ4v) is 3.01. The van der Waals surface area contributed by atoms with Crippen molar-refractivity contribution in [3.63, 3.8) is 0 Å². The van der Waals surface area contributed by atoms with Gasteiger partial charge in [-0.1, -0.05) is 60.7 Å². The fraction of sp³-hybridized carbons (Fsp3) is 0.167. The van der Waals surface area contributed by atoms with Crippen molar-refractivity contribution in [2.24, 2.45) is 0 Å². The van der Waals surface area contributed by atoms with E-state index in [1.807, 2.05) is 0 Å². The van der Waals surface area contributed by atoms with Crippen molar-refractivity contribution in [3.8, 4) is 0 Å². The van der Waals surface area contributed by atoms with Gasteiger partial charge in [0.05, 0.1) is 14.2 Å². The number of imide groups is 2. The predicted molar refractivity (Wildman–Crippen MR) is 86.8 cm³/mol. The van der Waals surface area contributed by atoms with Crippen LogP contribution in [0.3, 0.4) is 0 Å². The lowest BCUT2D eigenvalue weighted by atomic mass is 9.71. The second-order valence-corrected chi connectivity index (χ2v) is 5.33. The summed E-state index contributed by atoms with van der Waals surface area (Å²) in [6.07, 6.45) is 0. The van der Waals surface area contributed by atoms with E-state index in [2.05, 4.69) is 0 Å². The van der Waals surface area contributed by atoms with Crippen molar-refractivity contribution in [2.75, 3.05) is 14.2 Å². The minimum atomic E-state index is -1.79. The van der Waals surface area contributed by atoms with Crippen LogP contribution < -0.4 is 0 Å². The Balaban J connectivity index is 2.35. The molecule has 0 spiro atoms. The van der Waals surface area contributed by atoms with Crippen LogP contribution in [0, 0.1) is 0 Å². The molecule has 2 aromatic rings. The Morgan fingerprint density at radius 1 is 0.680 bits per heavy atom. The molecular weight excluding hydrogens is 324 g/mol. The topological polar surface area (TPSA) is 76.2 Å². The lowest BCUT2D eigenvalue weighted by Gasteiger charge is -2.41. The minimum Gasteiger partial charge on any atom is -0.270 e. The Kier molecular flexibility index (Phi) is 4.35. The molecule has 0 saturated carbocycles. The van der Waals surface area contributed by atoms with Crippen LogP contribution >= 0.6 is 0 Å². The molecule has 0 N–H and O–H groups in total. The summed E-state index contributed by atoms with van der Waals surface area (Å²) < 4.78 is 0. The van der Waals surface area contributed by atoms with E-state index in [0.717, 1.165) is 0 Å². The highest BCUT2D eigenvalue weighted by atomic mass is 16.7. The van der Waals surface area contributed by atoms with E-state index < -0.39 is 23.3 Å². The molecule has 1 saturated heterocycles. The molecule has 1 fully saturated rings. The first kappa shape index (κ1) is 16.8. The van der Waals surface area contributed by atoms with E-state index in [-0.39, 0.29) is 0 Å². The van der Waals surface area contributed by atoms with Crippen molar-refractivity contribution < 1.29 is 24.1 Å². The van der Waals surface area contributed by atoms with Crippen LogP contribution in [0.25, 0.3) is 0 Å². The van der Waals surface area contributed by atoms with Crippen LogP contribution in [0.2, 0.25) is 0 Å². The van der Waals surface area contributed by atoms with Crippen LogP contribution in [0.4, 0.5) is 4.79 Å². The average molecular weight is 340 g/mol. The summed E-state index contributed by atoms with van der Waals surface area (Å²) >= 11 is 0. The molecule has 4 amide bonds. The smallest absolute Gasteiger partial charge is 0.270 e. The predicted octanol–water partition coefficient (Wildman–Crippen LogP) is 1.89. The number of amides is 4. The van der Waals surface area contributed by atoms with Gasteiger partial charge in [0.25, 0.3) is 11.8 Å². The normalized spacial score (nSPS) is 17.1. The zero-order chi connectivity index (χ0) is 18.0. The lowest BCUT2D eigenvalue weighted by Crippen LogP contribution is -2.66. The van der Waals surface area contributed by atoms with Gasteiger partial charge in [-0.05, 0) is 11.1 Å². The van der Waals surface area contributed by atoms with Crippen molar-refractivity contribution in [1.82, 2.24) is 10.1 Å². The highest BCUT2D eigenvalue weighted by molar-refractivity contribution is 6.24. The number of hydrogen-bond acceptors (Lipinski definition) is 5. The summed E-state index contributed by atoms with van der Waals surface area (Å²) in [6.45, 7) is 0. The Hall–Kier alpha value is -3.03. The molecule has 2 aromatic carbocycles. The quantitative estimate of drug-likeness (QED) is 0.795. The number of carbonyl (C=O) groups excluding carboxylic acids is 3. The first-order valence-electron chi connectivity index (χ1n) is 7.51. The SMILES string of the molecule is CON1C(=O)N(OC)C(=O)C(c2ccccc2)(c2ccccc2)C1=O. The highest BCUT2D eigenvalue weighted by Crippen LogP contribution is 2.39. The molecule has 0 atom stereocenters. The summed E-state index contributed by atoms with van der Waals surface area (Å²) in [7, 11) is 2.36. The number of carbonyl (C=O) groups is 3.